The van der Waals surface area contributed by atoms with Gasteiger partial charge >= 0.3 is 5.97 Å². The molecule has 2 aromatic carbocycles. The van der Waals surface area contributed by atoms with Gasteiger partial charge in [0.1, 0.15) is 0 Å². The molecule has 0 saturated carbocycles. The second-order valence-electron chi connectivity index (χ2n) is 8.08. The Balaban J connectivity index is 1.38. The third-order valence-electron chi connectivity index (χ3n) is 5.68. The smallest absolute Gasteiger partial charge is 0.338 e. The minimum absolute atomic E-state index is 0.0238. The van der Waals surface area contributed by atoms with Crippen LogP contribution < -0.4 is 9.62 Å². The Morgan fingerprint density at radius 1 is 1.09 bits per heavy atom. The number of nitrogens with one attached hydrogen (secondary N) is 1. The fourth-order valence-electron chi connectivity index (χ4n) is 4.03. The first-order chi connectivity index (χ1) is 15.7. The van der Waals surface area contributed by atoms with Crippen LogP contribution in [0.5, 0.6) is 0 Å². The van der Waals surface area contributed by atoms with E-state index >= 15 is 0 Å². The van der Waals surface area contributed by atoms with E-state index in [0.29, 0.717) is 18.7 Å². The summed E-state index contributed by atoms with van der Waals surface area (Å²) in [5, 5.41) is 2.53. The monoisotopic (exact) mass is 492 g/mol. The summed E-state index contributed by atoms with van der Waals surface area (Å²) in [6.07, 6.45) is 1.87. The number of sulfone groups is 1. The zero-order valence-electron chi connectivity index (χ0n) is 17.8. The number of carbonyl (C=O) groups is 2. The van der Waals surface area contributed by atoms with Crippen molar-refractivity contribution in [2.45, 2.75) is 30.2 Å². The second kappa shape index (κ2) is 9.14. The predicted octanol–water partition coefficient (Wildman–Crippen LogP) is 1.29. The van der Waals surface area contributed by atoms with E-state index in [2.05, 4.69) is 5.32 Å². The molecule has 1 amide bonds. The van der Waals surface area contributed by atoms with Gasteiger partial charge in [0.05, 0.1) is 27.7 Å². The maximum Gasteiger partial charge on any atom is 0.338 e. The number of amides is 1. The molecule has 1 unspecified atom stereocenters. The molecule has 1 saturated heterocycles. The average molecular weight is 493 g/mol. The Bertz CT molecular complexity index is 1270. The minimum Gasteiger partial charge on any atom is -0.452 e. The van der Waals surface area contributed by atoms with E-state index in [4.69, 9.17) is 4.74 Å². The normalized spacial score (nSPS) is 19.5. The van der Waals surface area contributed by atoms with Crippen LogP contribution in [-0.2, 0) is 35.8 Å². The van der Waals surface area contributed by atoms with E-state index in [1.807, 2.05) is 12.1 Å². The third kappa shape index (κ3) is 5.19. The first kappa shape index (κ1) is 23.2. The Morgan fingerprint density at radius 2 is 1.82 bits per heavy atom. The van der Waals surface area contributed by atoms with Crippen molar-refractivity contribution in [1.82, 2.24) is 5.32 Å². The predicted molar refractivity (Wildman–Crippen MR) is 121 cm³/mol. The van der Waals surface area contributed by atoms with Crippen molar-refractivity contribution in [3.05, 3.63) is 59.7 Å². The van der Waals surface area contributed by atoms with Crippen LogP contribution >= 0.6 is 0 Å². The molecule has 0 aromatic heterocycles. The highest BCUT2D eigenvalue weighted by Crippen LogP contribution is 2.31. The minimum atomic E-state index is -3.80. The highest BCUT2D eigenvalue weighted by atomic mass is 32.2. The van der Waals surface area contributed by atoms with Gasteiger partial charge in [0, 0.05) is 12.6 Å². The summed E-state index contributed by atoms with van der Waals surface area (Å²) in [6.45, 7) is -0.180. The van der Waals surface area contributed by atoms with Crippen molar-refractivity contribution in [2.75, 3.05) is 29.0 Å². The summed E-state index contributed by atoms with van der Waals surface area (Å²) >= 11 is 0. The van der Waals surface area contributed by atoms with E-state index in [9.17, 15) is 26.4 Å². The topological polar surface area (TPSA) is 127 Å². The van der Waals surface area contributed by atoms with Gasteiger partial charge in [0.15, 0.2) is 16.4 Å². The van der Waals surface area contributed by atoms with Crippen molar-refractivity contribution in [3.63, 3.8) is 0 Å². The molecule has 1 N–H and O–H groups in total. The van der Waals surface area contributed by atoms with Gasteiger partial charge in [-0.2, -0.15) is 0 Å². The van der Waals surface area contributed by atoms with E-state index in [-0.39, 0.29) is 22.0 Å². The lowest BCUT2D eigenvalue weighted by Crippen LogP contribution is -2.38. The SMILES string of the molecule is O=C(COC(=O)c1ccc(S(=O)(=O)N2CCCc3ccccc32)cc1)NC1CCS(=O)(=O)C1. The van der Waals surface area contributed by atoms with Gasteiger partial charge in [-0.05, 0) is 55.2 Å². The number of esters is 1. The lowest BCUT2D eigenvalue weighted by molar-refractivity contribution is -0.124. The summed E-state index contributed by atoms with van der Waals surface area (Å²) in [4.78, 5) is 24.2. The number of nitrogens with zero attached hydrogens (tertiary/aromatic N) is 1. The zero-order chi connectivity index (χ0) is 23.6. The van der Waals surface area contributed by atoms with Crippen LogP contribution in [0.25, 0.3) is 0 Å². The Morgan fingerprint density at radius 3 is 2.52 bits per heavy atom. The van der Waals surface area contributed by atoms with Gasteiger partial charge in [-0.15, -0.1) is 0 Å². The number of carbonyl (C=O) groups excluding carboxylic acids is 2. The van der Waals surface area contributed by atoms with E-state index in [1.54, 1.807) is 12.1 Å². The number of ether oxygens (including phenoxy) is 1. The van der Waals surface area contributed by atoms with Gasteiger partial charge in [-0.25, -0.2) is 21.6 Å². The van der Waals surface area contributed by atoms with Gasteiger partial charge in [-0.1, -0.05) is 18.2 Å². The quantitative estimate of drug-likeness (QED) is 0.602. The summed E-state index contributed by atoms with van der Waals surface area (Å²) in [5.74, 6) is -1.47. The molecular weight excluding hydrogens is 468 g/mol. The van der Waals surface area contributed by atoms with Crippen LogP contribution in [0.3, 0.4) is 0 Å². The van der Waals surface area contributed by atoms with Gasteiger partial charge < -0.3 is 10.1 Å². The third-order valence-corrected chi connectivity index (χ3v) is 9.27. The largest absolute Gasteiger partial charge is 0.452 e. The molecule has 2 aliphatic heterocycles. The number of hydrogen-bond acceptors (Lipinski definition) is 7. The van der Waals surface area contributed by atoms with E-state index in [0.717, 1.165) is 18.4 Å². The van der Waals surface area contributed by atoms with Crippen molar-refractivity contribution in [3.8, 4) is 0 Å². The molecule has 1 fully saturated rings. The maximum atomic E-state index is 13.2. The number of hydrogen-bond donors (Lipinski definition) is 1. The van der Waals surface area contributed by atoms with Crippen LogP contribution in [0.1, 0.15) is 28.8 Å². The summed E-state index contributed by atoms with van der Waals surface area (Å²) < 4.78 is 55.6. The molecule has 0 radical (unpaired) electrons. The first-order valence-corrected chi connectivity index (χ1v) is 13.8. The second-order valence-corrected chi connectivity index (χ2v) is 12.2. The maximum absolute atomic E-state index is 13.2. The Hall–Kier alpha value is -2.92. The number of anilines is 1. The number of rotatable bonds is 6. The van der Waals surface area contributed by atoms with Crippen molar-refractivity contribution < 1.29 is 31.2 Å². The standard InChI is InChI=1S/C22H24N2O7S2/c25-21(23-18-11-13-32(27,28)15-18)14-31-22(26)17-7-9-19(10-8-17)33(29,30)24-12-3-5-16-4-1-2-6-20(16)24/h1-2,4,6-10,18H,3,5,11-15H2,(H,23,25). The Labute approximate surface area is 192 Å². The molecule has 33 heavy (non-hydrogen) atoms. The van der Waals surface area contributed by atoms with Crippen molar-refractivity contribution >= 4 is 37.4 Å². The van der Waals surface area contributed by atoms with Gasteiger partial charge in [-0.3, -0.25) is 9.10 Å². The molecule has 4 rings (SSSR count). The van der Waals surface area contributed by atoms with Gasteiger partial charge in [0.25, 0.3) is 15.9 Å². The fraction of sp³-hybridized carbons (Fsp3) is 0.364. The van der Waals surface area contributed by atoms with Crippen LogP contribution in [-0.4, -0.2) is 59.4 Å². The first-order valence-electron chi connectivity index (χ1n) is 10.5. The zero-order valence-corrected chi connectivity index (χ0v) is 19.4. The molecule has 1 atom stereocenters. The van der Waals surface area contributed by atoms with Crippen LogP contribution in [0, 0.1) is 0 Å². The highest BCUT2D eigenvalue weighted by Gasteiger charge is 2.30. The lowest BCUT2D eigenvalue weighted by atomic mass is 10.0. The molecule has 2 heterocycles. The molecule has 2 aromatic rings. The summed E-state index contributed by atoms with van der Waals surface area (Å²) in [6, 6.07) is 12.3. The number of benzene rings is 2. The average Bonchev–Trinajstić information content (AvgIpc) is 3.15. The number of sulfonamides is 1. The molecule has 2 aliphatic rings. The molecule has 176 valence electrons. The number of para-hydroxylation sites is 1. The van der Waals surface area contributed by atoms with Crippen molar-refractivity contribution in [2.24, 2.45) is 0 Å². The van der Waals surface area contributed by atoms with E-state index in [1.165, 1.54) is 28.6 Å². The van der Waals surface area contributed by atoms with E-state index < -0.39 is 44.4 Å². The summed E-state index contributed by atoms with van der Waals surface area (Å²) in [5.41, 5.74) is 1.73. The molecular formula is C22H24N2O7S2. The molecule has 0 aliphatic carbocycles. The Kier molecular flexibility index (Phi) is 6.44. The van der Waals surface area contributed by atoms with Crippen LogP contribution in [0.15, 0.2) is 53.4 Å². The van der Waals surface area contributed by atoms with Crippen LogP contribution in [0.4, 0.5) is 5.69 Å². The number of fused-ring (bicyclic) bond motifs is 1. The summed E-state index contributed by atoms with van der Waals surface area (Å²) in [7, 11) is -6.93. The molecule has 0 bridgehead atoms. The lowest BCUT2D eigenvalue weighted by Gasteiger charge is -2.30. The van der Waals surface area contributed by atoms with Gasteiger partial charge in [0.2, 0.25) is 0 Å². The van der Waals surface area contributed by atoms with Crippen molar-refractivity contribution in [1.29, 1.82) is 0 Å². The molecule has 11 heteroatoms. The van der Waals surface area contributed by atoms with Crippen LogP contribution in [0.2, 0.25) is 0 Å². The molecule has 0 spiro atoms. The highest BCUT2D eigenvalue weighted by molar-refractivity contribution is 7.93. The molecule has 9 nitrogen and oxygen atoms in total. The fourth-order valence-corrected chi connectivity index (χ4v) is 7.25. The number of aryl methyl sites for hydroxylation is 1.